The Morgan fingerprint density at radius 2 is 1.83 bits per heavy atom. The van der Waals surface area contributed by atoms with Crippen molar-refractivity contribution in [3.8, 4) is 5.75 Å². The van der Waals surface area contributed by atoms with E-state index in [4.69, 9.17) is 4.74 Å². The number of esters is 1. The molecule has 2 aromatic rings. The SMILES string of the molecule is O=C(COC(=O)c1ccccc1O)NCCSc1ccc(Br)cc1. The van der Waals surface area contributed by atoms with E-state index in [1.807, 2.05) is 24.3 Å². The van der Waals surface area contributed by atoms with Crippen LogP contribution >= 0.6 is 27.7 Å². The second kappa shape index (κ2) is 9.34. The highest BCUT2D eigenvalue weighted by molar-refractivity contribution is 9.10. The van der Waals surface area contributed by atoms with Crippen molar-refractivity contribution in [1.82, 2.24) is 5.32 Å². The maximum atomic E-state index is 11.7. The molecule has 0 spiro atoms. The van der Waals surface area contributed by atoms with Crippen molar-refractivity contribution in [2.24, 2.45) is 0 Å². The molecule has 0 fully saturated rings. The Hall–Kier alpha value is -1.99. The van der Waals surface area contributed by atoms with Gasteiger partial charge >= 0.3 is 5.97 Å². The van der Waals surface area contributed by atoms with Gasteiger partial charge in [0.15, 0.2) is 6.61 Å². The molecule has 2 N–H and O–H groups in total. The number of carbonyl (C=O) groups excluding carboxylic acids is 2. The number of phenols is 1. The number of benzene rings is 2. The first-order chi connectivity index (χ1) is 11.6. The Kier molecular flexibility index (Phi) is 7.14. The molecular formula is C17H16BrNO4S. The van der Waals surface area contributed by atoms with E-state index in [1.54, 1.807) is 23.9 Å². The molecule has 2 aromatic carbocycles. The Balaban J connectivity index is 1.65. The van der Waals surface area contributed by atoms with Gasteiger partial charge in [0, 0.05) is 21.7 Å². The lowest BCUT2D eigenvalue weighted by Crippen LogP contribution is -2.30. The van der Waals surface area contributed by atoms with Crippen LogP contribution in [0.25, 0.3) is 0 Å². The van der Waals surface area contributed by atoms with Gasteiger partial charge in [-0.25, -0.2) is 4.79 Å². The molecule has 126 valence electrons. The van der Waals surface area contributed by atoms with Crippen LogP contribution in [0.4, 0.5) is 0 Å². The molecule has 7 heteroatoms. The molecule has 0 aliphatic rings. The number of carbonyl (C=O) groups is 2. The number of halogens is 1. The summed E-state index contributed by atoms with van der Waals surface area (Å²) in [6.07, 6.45) is 0. The second-order valence-electron chi connectivity index (χ2n) is 4.75. The standard InChI is InChI=1S/C17H16BrNO4S/c18-12-5-7-13(8-6-12)24-10-9-19-16(21)11-23-17(22)14-3-1-2-4-15(14)20/h1-8,20H,9-11H2,(H,19,21). The largest absolute Gasteiger partial charge is 0.507 e. The lowest BCUT2D eigenvalue weighted by Gasteiger charge is -2.07. The first-order valence-corrected chi connectivity index (χ1v) is 8.94. The molecule has 0 bridgehead atoms. The molecule has 5 nitrogen and oxygen atoms in total. The molecule has 0 heterocycles. The number of hydrogen-bond acceptors (Lipinski definition) is 5. The van der Waals surface area contributed by atoms with E-state index < -0.39 is 5.97 Å². The highest BCUT2D eigenvalue weighted by Crippen LogP contribution is 2.20. The molecule has 0 saturated carbocycles. The number of thioether (sulfide) groups is 1. The van der Waals surface area contributed by atoms with Crippen LogP contribution in [0.1, 0.15) is 10.4 Å². The smallest absolute Gasteiger partial charge is 0.342 e. The molecule has 0 aliphatic carbocycles. The number of ether oxygens (including phenoxy) is 1. The summed E-state index contributed by atoms with van der Waals surface area (Å²) >= 11 is 4.99. The van der Waals surface area contributed by atoms with Crippen molar-refractivity contribution < 1.29 is 19.4 Å². The summed E-state index contributed by atoms with van der Waals surface area (Å²) in [6, 6.07) is 13.9. The molecule has 0 aromatic heterocycles. The van der Waals surface area contributed by atoms with Gasteiger partial charge in [-0.3, -0.25) is 4.79 Å². The Bertz CT molecular complexity index is 706. The number of para-hydroxylation sites is 1. The highest BCUT2D eigenvalue weighted by atomic mass is 79.9. The van der Waals surface area contributed by atoms with Crippen LogP contribution in [-0.4, -0.2) is 35.9 Å². The van der Waals surface area contributed by atoms with Crippen LogP contribution in [0.3, 0.4) is 0 Å². The zero-order valence-corrected chi connectivity index (χ0v) is 15.1. The minimum absolute atomic E-state index is 0.0380. The first kappa shape index (κ1) is 18.4. The maximum Gasteiger partial charge on any atom is 0.342 e. The fourth-order valence-corrected chi connectivity index (χ4v) is 2.83. The summed E-state index contributed by atoms with van der Waals surface area (Å²) in [5.41, 5.74) is 0.0380. The average molecular weight is 410 g/mol. The van der Waals surface area contributed by atoms with E-state index in [1.165, 1.54) is 12.1 Å². The molecule has 0 aliphatic heterocycles. The maximum absolute atomic E-state index is 11.7. The zero-order chi connectivity index (χ0) is 17.4. The number of aromatic hydroxyl groups is 1. The number of amides is 1. The summed E-state index contributed by atoms with van der Waals surface area (Å²) in [5, 5.41) is 12.2. The zero-order valence-electron chi connectivity index (χ0n) is 12.7. The van der Waals surface area contributed by atoms with Crippen LogP contribution in [-0.2, 0) is 9.53 Å². The van der Waals surface area contributed by atoms with Crippen molar-refractivity contribution in [3.05, 3.63) is 58.6 Å². The molecule has 0 unspecified atom stereocenters. The second-order valence-corrected chi connectivity index (χ2v) is 6.83. The summed E-state index contributed by atoms with van der Waals surface area (Å²) in [6.45, 7) is 0.0871. The number of rotatable bonds is 7. The highest BCUT2D eigenvalue weighted by Gasteiger charge is 2.13. The molecule has 0 radical (unpaired) electrons. The Morgan fingerprint density at radius 1 is 1.12 bits per heavy atom. The third-order valence-corrected chi connectivity index (χ3v) is 4.51. The van der Waals surface area contributed by atoms with Crippen LogP contribution in [0, 0.1) is 0 Å². The van der Waals surface area contributed by atoms with Crippen molar-refractivity contribution >= 4 is 39.6 Å². The predicted octanol–water partition coefficient (Wildman–Crippen LogP) is 3.22. The molecule has 0 saturated heterocycles. The lowest BCUT2D eigenvalue weighted by atomic mass is 10.2. The van der Waals surface area contributed by atoms with Gasteiger partial charge in [-0.2, -0.15) is 0 Å². The van der Waals surface area contributed by atoms with Crippen molar-refractivity contribution in [2.45, 2.75) is 4.90 Å². The molecule has 2 rings (SSSR count). The third-order valence-electron chi connectivity index (χ3n) is 2.96. The van der Waals surface area contributed by atoms with Gasteiger partial charge in [-0.1, -0.05) is 28.1 Å². The van der Waals surface area contributed by atoms with Crippen LogP contribution in [0.15, 0.2) is 57.9 Å². The normalized spacial score (nSPS) is 10.2. The number of hydrogen-bond donors (Lipinski definition) is 2. The predicted molar refractivity (Wildman–Crippen MR) is 96.3 cm³/mol. The summed E-state index contributed by atoms with van der Waals surface area (Å²) in [7, 11) is 0. The molecule has 24 heavy (non-hydrogen) atoms. The van der Waals surface area contributed by atoms with Gasteiger partial charge in [-0.05, 0) is 36.4 Å². The van der Waals surface area contributed by atoms with Gasteiger partial charge in [0.2, 0.25) is 0 Å². The van der Waals surface area contributed by atoms with Crippen molar-refractivity contribution in [2.75, 3.05) is 18.9 Å². The monoisotopic (exact) mass is 409 g/mol. The van der Waals surface area contributed by atoms with E-state index in [0.29, 0.717) is 12.3 Å². The van der Waals surface area contributed by atoms with Crippen molar-refractivity contribution in [3.63, 3.8) is 0 Å². The quantitative estimate of drug-likeness (QED) is 0.417. The summed E-state index contributed by atoms with van der Waals surface area (Å²) in [4.78, 5) is 24.5. The number of phenolic OH excluding ortho intramolecular Hbond substituents is 1. The van der Waals surface area contributed by atoms with E-state index in [2.05, 4.69) is 21.2 Å². The van der Waals surface area contributed by atoms with Crippen LogP contribution < -0.4 is 5.32 Å². The lowest BCUT2D eigenvalue weighted by molar-refractivity contribution is -0.124. The Labute approximate surface area is 152 Å². The minimum Gasteiger partial charge on any atom is -0.507 e. The van der Waals surface area contributed by atoms with E-state index >= 15 is 0 Å². The summed E-state index contributed by atoms with van der Waals surface area (Å²) in [5.74, 6) is -0.572. The van der Waals surface area contributed by atoms with Gasteiger partial charge < -0.3 is 15.2 Å². The van der Waals surface area contributed by atoms with Crippen LogP contribution in [0.2, 0.25) is 0 Å². The van der Waals surface area contributed by atoms with Gasteiger partial charge in [-0.15, -0.1) is 11.8 Å². The first-order valence-electron chi connectivity index (χ1n) is 7.16. The molecular weight excluding hydrogens is 394 g/mol. The number of nitrogens with one attached hydrogen (secondary N) is 1. The topological polar surface area (TPSA) is 75.6 Å². The van der Waals surface area contributed by atoms with Gasteiger partial charge in [0.1, 0.15) is 11.3 Å². The minimum atomic E-state index is -0.729. The van der Waals surface area contributed by atoms with Crippen molar-refractivity contribution in [1.29, 1.82) is 0 Å². The van der Waals surface area contributed by atoms with E-state index in [0.717, 1.165) is 9.37 Å². The fourth-order valence-electron chi connectivity index (χ4n) is 1.80. The molecule has 0 atom stereocenters. The summed E-state index contributed by atoms with van der Waals surface area (Å²) < 4.78 is 5.90. The fraction of sp³-hybridized carbons (Fsp3) is 0.176. The van der Waals surface area contributed by atoms with Crippen LogP contribution in [0.5, 0.6) is 5.75 Å². The van der Waals surface area contributed by atoms with E-state index in [9.17, 15) is 14.7 Å². The van der Waals surface area contributed by atoms with Gasteiger partial charge in [0.25, 0.3) is 5.91 Å². The average Bonchev–Trinajstić information content (AvgIpc) is 2.58. The Morgan fingerprint density at radius 3 is 2.54 bits per heavy atom. The molecule has 1 amide bonds. The van der Waals surface area contributed by atoms with E-state index in [-0.39, 0.29) is 23.8 Å². The third kappa shape index (κ3) is 5.90. The van der Waals surface area contributed by atoms with Gasteiger partial charge in [0.05, 0.1) is 0 Å².